The molecule has 8 heteroatoms. The number of ketones is 1. The third-order valence-electron chi connectivity index (χ3n) is 7.29. The van der Waals surface area contributed by atoms with Crippen LogP contribution in [0.2, 0.25) is 0 Å². The van der Waals surface area contributed by atoms with Gasteiger partial charge in [-0.1, -0.05) is 24.3 Å². The van der Waals surface area contributed by atoms with Crippen LogP contribution < -0.4 is 23.7 Å². The van der Waals surface area contributed by atoms with Gasteiger partial charge in [0, 0.05) is 54.9 Å². The summed E-state index contributed by atoms with van der Waals surface area (Å²) in [6, 6.07) is 12.9. The third-order valence-corrected chi connectivity index (χ3v) is 7.29. The predicted molar refractivity (Wildman–Crippen MR) is 132 cm³/mol. The van der Waals surface area contributed by atoms with Crippen LogP contribution in [0.5, 0.6) is 28.7 Å². The fourth-order valence-corrected chi connectivity index (χ4v) is 6.07. The Labute approximate surface area is 213 Å². The average Bonchev–Trinajstić information content (AvgIpc) is 2.87. The van der Waals surface area contributed by atoms with Gasteiger partial charge in [0.2, 0.25) is 0 Å². The fourth-order valence-electron chi connectivity index (χ4n) is 6.07. The van der Waals surface area contributed by atoms with E-state index >= 15 is 0 Å². The summed E-state index contributed by atoms with van der Waals surface area (Å²) in [6.07, 6.45) is -0.261. The van der Waals surface area contributed by atoms with Crippen LogP contribution in [0.15, 0.2) is 42.5 Å². The van der Waals surface area contributed by atoms with E-state index in [1.165, 1.54) is 28.1 Å². The van der Waals surface area contributed by atoms with Gasteiger partial charge in [0.05, 0.1) is 19.8 Å². The topological polar surface area (TPSA) is 97.4 Å². The van der Waals surface area contributed by atoms with E-state index in [-0.39, 0.29) is 35.5 Å². The first-order valence-corrected chi connectivity index (χ1v) is 12.0. The standard InChI is InChI=1S/C29H24O8/c1-13(30)35-22-12-21(34-4)26-23-16(9-10-20(33-3)29(23)36-14(2)31)28-24-17(11-18(32)25(22)27(24)26)15-7-5-6-8-19(15)37-28/h5-10,12,17,24,28H,11H2,1-4H3/t17-,24+,28+/m1/s1. The Balaban J connectivity index is 1.76. The monoisotopic (exact) mass is 500 g/mol. The first-order valence-electron chi connectivity index (χ1n) is 12.0. The number of carbonyl (C=O) groups excluding carboxylic acids is 3. The highest BCUT2D eigenvalue weighted by atomic mass is 16.6. The summed E-state index contributed by atoms with van der Waals surface area (Å²) >= 11 is 0. The molecule has 0 bridgehead atoms. The normalized spacial score (nSPS) is 20.0. The number of fused-ring (bicyclic) bond motifs is 5. The van der Waals surface area contributed by atoms with Gasteiger partial charge in [0.25, 0.3) is 0 Å². The minimum absolute atomic E-state index is 0.143. The molecule has 0 unspecified atom stereocenters. The summed E-state index contributed by atoms with van der Waals surface area (Å²) in [5, 5.41) is 0. The molecule has 0 saturated heterocycles. The number of hydrogen-bond donors (Lipinski definition) is 0. The Hall–Kier alpha value is -4.33. The second-order valence-corrected chi connectivity index (χ2v) is 9.32. The van der Waals surface area contributed by atoms with Crippen LogP contribution in [-0.4, -0.2) is 31.9 Å². The summed E-state index contributed by atoms with van der Waals surface area (Å²) in [4.78, 5) is 37.9. The Bertz CT molecular complexity index is 1500. The van der Waals surface area contributed by atoms with E-state index in [0.717, 1.165) is 11.1 Å². The Morgan fingerprint density at radius 2 is 1.57 bits per heavy atom. The molecule has 3 atom stereocenters. The van der Waals surface area contributed by atoms with Gasteiger partial charge >= 0.3 is 11.9 Å². The number of para-hydroxylation sites is 1. The van der Waals surface area contributed by atoms with Crippen molar-refractivity contribution in [3.05, 3.63) is 64.7 Å². The second-order valence-electron chi connectivity index (χ2n) is 9.32. The van der Waals surface area contributed by atoms with Crippen molar-refractivity contribution in [2.45, 2.75) is 38.2 Å². The summed E-state index contributed by atoms with van der Waals surface area (Å²) in [5.41, 5.74) is 3.86. The number of esters is 2. The first-order chi connectivity index (χ1) is 17.8. The van der Waals surface area contributed by atoms with E-state index < -0.39 is 18.0 Å². The van der Waals surface area contributed by atoms with Gasteiger partial charge in [-0.15, -0.1) is 0 Å². The number of Topliss-reactive ketones (excluding diaryl/α,β-unsaturated/α-hetero) is 1. The SMILES string of the molecule is COc1ccc2c(c1OC(C)=O)-c1c(OC)cc(OC(C)=O)c3c1[C@@H]1[C@H](CC3=O)c3ccccc3O[C@@H]21. The molecule has 2 aliphatic carbocycles. The molecule has 1 aliphatic heterocycles. The largest absolute Gasteiger partial charge is 0.496 e. The highest BCUT2D eigenvalue weighted by molar-refractivity contribution is 6.07. The highest BCUT2D eigenvalue weighted by Crippen LogP contribution is 2.65. The summed E-state index contributed by atoms with van der Waals surface area (Å²) in [7, 11) is 2.99. The molecule has 0 aromatic heterocycles. The molecular weight excluding hydrogens is 476 g/mol. The number of methoxy groups -OCH3 is 2. The van der Waals surface area contributed by atoms with E-state index in [1.54, 1.807) is 12.1 Å². The maximum absolute atomic E-state index is 13.7. The number of carbonyl (C=O) groups is 3. The molecule has 0 spiro atoms. The average molecular weight is 501 g/mol. The number of hydrogen-bond acceptors (Lipinski definition) is 8. The minimum Gasteiger partial charge on any atom is -0.496 e. The van der Waals surface area contributed by atoms with E-state index in [0.29, 0.717) is 39.5 Å². The van der Waals surface area contributed by atoms with Crippen molar-refractivity contribution in [3.63, 3.8) is 0 Å². The molecule has 37 heavy (non-hydrogen) atoms. The molecule has 0 saturated carbocycles. The van der Waals surface area contributed by atoms with E-state index in [9.17, 15) is 14.4 Å². The van der Waals surface area contributed by atoms with Crippen molar-refractivity contribution >= 4 is 17.7 Å². The lowest BCUT2D eigenvalue weighted by atomic mass is 9.61. The molecule has 6 rings (SSSR count). The molecule has 0 radical (unpaired) electrons. The van der Waals surface area contributed by atoms with E-state index in [1.807, 2.05) is 30.3 Å². The maximum atomic E-state index is 13.7. The van der Waals surface area contributed by atoms with E-state index in [4.69, 9.17) is 23.7 Å². The number of ether oxygens (including phenoxy) is 5. The van der Waals surface area contributed by atoms with Crippen LogP contribution in [0.4, 0.5) is 0 Å². The van der Waals surface area contributed by atoms with E-state index in [2.05, 4.69) is 0 Å². The van der Waals surface area contributed by atoms with Crippen molar-refractivity contribution in [2.24, 2.45) is 0 Å². The predicted octanol–water partition coefficient (Wildman–Crippen LogP) is 5.12. The van der Waals surface area contributed by atoms with Crippen LogP contribution in [-0.2, 0) is 9.59 Å². The number of benzene rings is 3. The maximum Gasteiger partial charge on any atom is 0.308 e. The zero-order valence-electron chi connectivity index (χ0n) is 20.7. The van der Waals surface area contributed by atoms with Crippen LogP contribution in [0.25, 0.3) is 11.1 Å². The zero-order valence-corrected chi connectivity index (χ0v) is 20.7. The van der Waals surface area contributed by atoms with Gasteiger partial charge in [-0.3, -0.25) is 14.4 Å². The van der Waals surface area contributed by atoms with Gasteiger partial charge in [-0.05, 0) is 23.3 Å². The summed E-state index contributed by atoms with van der Waals surface area (Å²) < 4.78 is 29.2. The van der Waals surface area contributed by atoms with Gasteiger partial charge in [0.15, 0.2) is 17.3 Å². The zero-order chi connectivity index (χ0) is 26.0. The first kappa shape index (κ1) is 23.1. The van der Waals surface area contributed by atoms with Crippen LogP contribution in [0, 0.1) is 0 Å². The number of rotatable bonds is 4. The Kier molecular flexibility index (Phi) is 5.22. The van der Waals surface area contributed by atoms with Crippen LogP contribution in [0.1, 0.15) is 65.3 Å². The van der Waals surface area contributed by atoms with Crippen molar-refractivity contribution < 1.29 is 38.1 Å². The van der Waals surface area contributed by atoms with Crippen molar-refractivity contribution in [1.82, 2.24) is 0 Å². The molecule has 3 aromatic rings. The molecule has 0 fully saturated rings. The molecular formula is C29H24O8. The third kappa shape index (κ3) is 3.32. The quantitative estimate of drug-likeness (QED) is 0.360. The minimum atomic E-state index is -0.548. The van der Waals surface area contributed by atoms with Crippen molar-refractivity contribution in [1.29, 1.82) is 0 Å². The van der Waals surface area contributed by atoms with Crippen molar-refractivity contribution in [2.75, 3.05) is 14.2 Å². The molecule has 0 amide bonds. The van der Waals surface area contributed by atoms with Gasteiger partial charge in [0.1, 0.15) is 23.4 Å². The lowest BCUT2D eigenvalue weighted by Gasteiger charge is -2.47. The van der Waals surface area contributed by atoms with Gasteiger partial charge in [-0.2, -0.15) is 0 Å². The molecule has 0 N–H and O–H groups in total. The van der Waals surface area contributed by atoms with Gasteiger partial charge < -0.3 is 23.7 Å². The Morgan fingerprint density at radius 1 is 0.838 bits per heavy atom. The highest BCUT2D eigenvalue weighted by Gasteiger charge is 2.52. The van der Waals surface area contributed by atoms with Crippen LogP contribution in [0.3, 0.4) is 0 Å². The molecule has 3 aliphatic rings. The van der Waals surface area contributed by atoms with Gasteiger partial charge in [-0.25, -0.2) is 0 Å². The fraction of sp³-hybridized carbons (Fsp3) is 0.276. The molecule has 8 nitrogen and oxygen atoms in total. The lowest BCUT2D eigenvalue weighted by Crippen LogP contribution is -2.37. The van der Waals surface area contributed by atoms with Crippen LogP contribution >= 0.6 is 0 Å². The smallest absolute Gasteiger partial charge is 0.308 e. The van der Waals surface area contributed by atoms with Crippen molar-refractivity contribution in [3.8, 4) is 39.9 Å². The molecule has 1 heterocycles. The second kappa shape index (κ2) is 8.37. The summed E-state index contributed by atoms with van der Waals surface area (Å²) in [5.74, 6) is 0.126. The summed E-state index contributed by atoms with van der Waals surface area (Å²) in [6.45, 7) is 2.60. The lowest BCUT2D eigenvalue weighted by molar-refractivity contribution is -0.132. The molecule has 188 valence electrons. The Morgan fingerprint density at radius 3 is 2.27 bits per heavy atom. The molecule has 3 aromatic carbocycles.